The van der Waals surface area contributed by atoms with Crippen LogP contribution >= 0.6 is 0 Å². The van der Waals surface area contributed by atoms with Gasteiger partial charge >= 0.3 is 0 Å². The molecule has 0 aliphatic carbocycles. The van der Waals surface area contributed by atoms with Crippen LogP contribution in [0.15, 0.2) is 24.5 Å². The molecule has 0 spiro atoms. The van der Waals surface area contributed by atoms with Gasteiger partial charge in [-0.1, -0.05) is 0 Å². The SMILES string of the molecule is CC(=O)C1=COC=CO1. The van der Waals surface area contributed by atoms with Gasteiger partial charge in [-0.3, -0.25) is 4.79 Å². The molecule has 3 nitrogen and oxygen atoms in total. The van der Waals surface area contributed by atoms with Gasteiger partial charge in [-0.25, -0.2) is 0 Å². The molecule has 0 unspecified atom stereocenters. The largest absolute Gasteiger partial charge is 0.465 e. The van der Waals surface area contributed by atoms with Gasteiger partial charge in [-0.2, -0.15) is 0 Å². The van der Waals surface area contributed by atoms with Crippen molar-refractivity contribution in [2.45, 2.75) is 6.92 Å². The van der Waals surface area contributed by atoms with Gasteiger partial charge in [-0.15, -0.1) is 0 Å². The van der Waals surface area contributed by atoms with Crippen LogP contribution in [0.3, 0.4) is 0 Å². The van der Waals surface area contributed by atoms with E-state index < -0.39 is 0 Å². The lowest BCUT2D eigenvalue weighted by atomic mass is 10.4. The van der Waals surface area contributed by atoms with Crippen molar-refractivity contribution in [2.75, 3.05) is 0 Å². The highest BCUT2D eigenvalue weighted by molar-refractivity contribution is 5.91. The fourth-order valence-electron chi connectivity index (χ4n) is 0.428. The lowest BCUT2D eigenvalue weighted by Gasteiger charge is -2.04. The van der Waals surface area contributed by atoms with E-state index in [1.54, 1.807) is 0 Å². The second-order valence-corrected chi connectivity index (χ2v) is 1.56. The monoisotopic (exact) mass is 126 g/mol. The molecule has 0 bridgehead atoms. The van der Waals surface area contributed by atoms with E-state index in [0.717, 1.165) is 0 Å². The van der Waals surface area contributed by atoms with Crippen LogP contribution in [0.1, 0.15) is 6.92 Å². The molecule has 1 aliphatic rings. The van der Waals surface area contributed by atoms with E-state index >= 15 is 0 Å². The van der Waals surface area contributed by atoms with Gasteiger partial charge in [0.2, 0.25) is 5.76 Å². The van der Waals surface area contributed by atoms with Crippen molar-refractivity contribution in [3.05, 3.63) is 24.5 Å². The first-order chi connectivity index (χ1) is 4.30. The predicted octanol–water partition coefficient (Wildman–Crippen LogP) is 0.935. The van der Waals surface area contributed by atoms with Crippen LogP contribution in [-0.4, -0.2) is 5.78 Å². The van der Waals surface area contributed by atoms with Crippen molar-refractivity contribution in [3.63, 3.8) is 0 Å². The number of carbonyl (C=O) groups excluding carboxylic acids is 1. The van der Waals surface area contributed by atoms with E-state index in [4.69, 9.17) is 4.74 Å². The first-order valence-corrected chi connectivity index (χ1v) is 2.49. The number of Topliss-reactive ketones (excluding diaryl/α,β-unsaturated/α-hetero) is 1. The van der Waals surface area contributed by atoms with Gasteiger partial charge in [0.25, 0.3) is 0 Å². The van der Waals surface area contributed by atoms with Crippen molar-refractivity contribution in [3.8, 4) is 0 Å². The lowest BCUT2D eigenvalue weighted by Crippen LogP contribution is -2.00. The van der Waals surface area contributed by atoms with Gasteiger partial charge < -0.3 is 9.47 Å². The van der Waals surface area contributed by atoms with E-state index in [0.29, 0.717) is 0 Å². The third-order valence-corrected chi connectivity index (χ3v) is 0.851. The number of ether oxygens (including phenoxy) is 2. The Kier molecular flexibility index (Phi) is 1.53. The van der Waals surface area contributed by atoms with Gasteiger partial charge in [0, 0.05) is 6.92 Å². The molecule has 1 rings (SSSR count). The summed E-state index contributed by atoms with van der Waals surface area (Å²) in [5, 5.41) is 0. The smallest absolute Gasteiger partial charge is 0.204 e. The Bertz CT molecular complexity index is 179. The van der Waals surface area contributed by atoms with Crippen LogP contribution in [0.5, 0.6) is 0 Å². The molecule has 0 atom stereocenters. The molecule has 0 radical (unpaired) electrons. The number of allylic oxidation sites excluding steroid dienone is 1. The molecule has 0 aromatic heterocycles. The standard InChI is InChI=1S/C6H6O3/c1-5(7)6-4-8-2-3-9-6/h2-4H,1H3. The molecule has 1 aliphatic heterocycles. The molecule has 0 fully saturated rings. The van der Waals surface area contributed by atoms with Gasteiger partial charge in [0.05, 0.1) is 0 Å². The summed E-state index contributed by atoms with van der Waals surface area (Å²) >= 11 is 0. The molecule has 0 aromatic rings. The third-order valence-electron chi connectivity index (χ3n) is 0.851. The second kappa shape index (κ2) is 2.35. The zero-order valence-electron chi connectivity index (χ0n) is 4.96. The van der Waals surface area contributed by atoms with Crippen molar-refractivity contribution in [1.29, 1.82) is 0 Å². The highest BCUT2D eigenvalue weighted by Gasteiger charge is 2.05. The van der Waals surface area contributed by atoms with Crippen molar-refractivity contribution in [1.82, 2.24) is 0 Å². The summed E-state index contributed by atoms with van der Waals surface area (Å²) in [5.74, 6) is 0.0943. The zero-order chi connectivity index (χ0) is 6.69. The van der Waals surface area contributed by atoms with E-state index in [1.807, 2.05) is 0 Å². The van der Waals surface area contributed by atoms with Crippen molar-refractivity contribution in [2.24, 2.45) is 0 Å². The quantitative estimate of drug-likeness (QED) is 0.524. The number of rotatable bonds is 1. The maximum Gasteiger partial charge on any atom is 0.204 e. The average Bonchev–Trinajstić information content (AvgIpc) is 1.90. The van der Waals surface area contributed by atoms with Gasteiger partial charge in [0.1, 0.15) is 18.8 Å². The Labute approximate surface area is 52.6 Å². The van der Waals surface area contributed by atoms with Crippen LogP contribution in [0.25, 0.3) is 0 Å². The zero-order valence-corrected chi connectivity index (χ0v) is 4.96. The summed E-state index contributed by atoms with van der Waals surface area (Å²) in [6.45, 7) is 1.41. The minimum atomic E-state index is -0.139. The minimum absolute atomic E-state index is 0.139. The summed E-state index contributed by atoms with van der Waals surface area (Å²) in [6, 6.07) is 0. The average molecular weight is 126 g/mol. The van der Waals surface area contributed by atoms with Crippen LogP contribution < -0.4 is 0 Å². The molecule has 3 heteroatoms. The summed E-state index contributed by atoms with van der Waals surface area (Å²) in [7, 11) is 0. The number of hydrogen-bond acceptors (Lipinski definition) is 3. The molecule has 0 N–H and O–H groups in total. The molecule has 0 saturated heterocycles. The molecule has 9 heavy (non-hydrogen) atoms. The molecule has 1 heterocycles. The first kappa shape index (κ1) is 5.88. The van der Waals surface area contributed by atoms with E-state index in [9.17, 15) is 4.79 Å². The van der Waals surface area contributed by atoms with Crippen LogP contribution in [0.2, 0.25) is 0 Å². The van der Waals surface area contributed by atoms with Gasteiger partial charge in [0.15, 0.2) is 5.78 Å². The third kappa shape index (κ3) is 1.32. The predicted molar refractivity (Wildman–Crippen MR) is 30.1 cm³/mol. The molecule has 0 saturated carbocycles. The summed E-state index contributed by atoms with van der Waals surface area (Å²) in [4.78, 5) is 10.5. The normalized spacial score (nSPS) is 15.4. The summed E-state index contributed by atoms with van der Waals surface area (Å²) in [6.07, 6.45) is 3.94. The highest BCUT2D eigenvalue weighted by atomic mass is 16.5. The van der Waals surface area contributed by atoms with E-state index in [2.05, 4.69) is 4.74 Å². The van der Waals surface area contributed by atoms with E-state index in [-0.39, 0.29) is 11.5 Å². The molecule has 48 valence electrons. The highest BCUT2D eigenvalue weighted by Crippen LogP contribution is 2.04. The second-order valence-electron chi connectivity index (χ2n) is 1.56. The Morgan fingerprint density at radius 1 is 1.56 bits per heavy atom. The fourth-order valence-corrected chi connectivity index (χ4v) is 0.428. The van der Waals surface area contributed by atoms with Crippen molar-refractivity contribution < 1.29 is 14.3 Å². The Hall–Kier alpha value is -1.25. The molecule has 0 aromatic carbocycles. The Balaban J connectivity index is 2.61. The van der Waals surface area contributed by atoms with Crippen LogP contribution in [0.4, 0.5) is 0 Å². The summed E-state index contributed by atoms with van der Waals surface area (Å²) < 4.78 is 9.40. The number of ketones is 1. The number of hydrogen-bond donors (Lipinski definition) is 0. The Morgan fingerprint density at radius 2 is 2.33 bits per heavy atom. The van der Waals surface area contributed by atoms with Crippen LogP contribution in [0, 0.1) is 0 Å². The first-order valence-electron chi connectivity index (χ1n) is 2.49. The van der Waals surface area contributed by atoms with Crippen LogP contribution in [-0.2, 0) is 14.3 Å². The molecular formula is C6H6O3. The minimum Gasteiger partial charge on any atom is -0.465 e. The topological polar surface area (TPSA) is 35.5 Å². The van der Waals surface area contributed by atoms with Gasteiger partial charge in [-0.05, 0) is 0 Å². The van der Waals surface area contributed by atoms with Crippen molar-refractivity contribution >= 4 is 5.78 Å². The Morgan fingerprint density at radius 3 is 2.67 bits per heavy atom. The lowest BCUT2D eigenvalue weighted by molar-refractivity contribution is -0.116. The molecular weight excluding hydrogens is 120 g/mol. The molecule has 0 amide bonds. The van der Waals surface area contributed by atoms with E-state index in [1.165, 1.54) is 25.7 Å². The summed E-state index contributed by atoms with van der Waals surface area (Å²) in [5.41, 5.74) is 0. The fraction of sp³-hybridized carbons (Fsp3) is 0.167. The maximum absolute atomic E-state index is 10.5. The maximum atomic E-state index is 10.5. The number of carbonyl (C=O) groups is 1.